The van der Waals surface area contributed by atoms with Crippen molar-refractivity contribution in [3.63, 3.8) is 0 Å². The molecule has 1 amide bonds. The first-order valence-corrected chi connectivity index (χ1v) is 13.9. The lowest BCUT2D eigenvalue weighted by atomic mass is 9.87. The Morgan fingerprint density at radius 3 is 2.48 bits per heavy atom. The van der Waals surface area contributed by atoms with Gasteiger partial charge in [-0.25, -0.2) is 4.79 Å². The molecular weight excluding hydrogens is 573 g/mol. The number of halogens is 2. The molecule has 2 N–H and O–H groups in total. The predicted molar refractivity (Wildman–Crippen MR) is 157 cm³/mol. The second kappa shape index (κ2) is 12.3. The molecule has 0 unspecified atom stereocenters. The molecule has 0 saturated heterocycles. The van der Waals surface area contributed by atoms with Crippen molar-refractivity contribution in [2.24, 2.45) is 0 Å². The molecule has 4 rings (SSSR count). The van der Waals surface area contributed by atoms with Crippen LogP contribution in [0, 0.1) is 6.92 Å². The van der Waals surface area contributed by atoms with Crippen LogP contribution in [0.3, 0.4) is 0 Å². The zero-order valence-corrected chi connectivity index (χ0v) is 24.6. The van der Waals surface area contributed by atoms with Gasteiger partial charge in [-0.05, 0) is 81.4 Å². The number of benzene rings is 3. The van der Waals surface area contributed by atoms with E-state index in [1.165, 1.54) is 16.4 Å². The first-order valence-electron chi connectivity index (χ1n) is 12.2. The molecule has 40 heavy (non-hydrogen) atoms. The van der Waals surface area contributed by atoms with Crippen molar-refractivity contribution in [1.29, 1.82) is 0 Å². The van der Waals surface area contributed by atoms with Gasteiger partial charge in [0.15, 0.2) is 6.61 Å². The Hall–Kier alpha value is -3.60. The van der Waals surface area contributed by atoms with Crippen molar-refractivity contribution in [2.45, 2.75) is 38.3 Å². The van der Waals surface area contributed by atoms with Crippen LogP contribution in [0.15, 0.2) is 59.8 Å². The summed E-state index contributed by atoms with van der Waals surface area (Å²) in [5, 5.41) is 24.8. The minimum atomic E-state index is -1.04. The van der Waals surface area contributed by atoms with Crippen LogP contribution < -0.4 is 10.1 Å². The van der Waals surface area contributed by atoms with Gasteiger partial charge in [-0.15, -0.1) is 5.10 Å². The summed E-state index contributed by atoms with van der Waals surface area (Å²) in [5.74, 6) is -0.809. The fourth-order valence-corrected chi connectivity index (χ4v) is 5.03. The van der Waals surface area contributed by atoms with Gasteiger partial charge in [0.25, 0.3) is 0 Å². The number of anilines is 1. The molecule has 1 heterocycles. The van der Waals surface area contributed by atoms with Gasteiger partial charge in [0.1, 0.15) is 5.75 Å². The van der Waals surface area contributed by atoms with E-state index in [1.807, 2.05) is 37.3 Å². The third kappa shape index (κ3) is 7.12. The summed E-state index contributed by atoms with van der Waals surface area (Å²) >= 11 is 14.2. The molecule has 0 atom stereocenters. The van der Waals surface area contributed by atoms with E-state index < -0.39 is 12.6 Å². The number of hydrogen-bond acceptors (Lipinski definition) is 7. The molecular formula is C28H27Cl2N5O4S. The van der Waals surface area contributed by atoms with Crippen molar-refractivity contribution >= 4 is 52.5 Å². The minimum absolute atomic E-state index is 0.0487. The average molecular weight is 601 g/mol. The number of carbonyl (C=O) groups is 2. The van der Waals surface area contributed by atoms with Gasteiger partial charge in [-0.1, -0.05) is 73.9 Å². The molecule has 0 bridgehead atoms. The lowest BCUT2D eigenvalue weighted by Gasteiger charge is -2.20. The van der Waals surface area contributed by atoms with Crippen molar-refractivity contribution in [1.82, 2.24) is 20.2 Å². The number of aryl methyl sites for hydroxylation is 1. The molecule has 12 heteroatoms. The number of nitrogens with one attached hydrogen (secondary N) is 1. The topological polar surface area (TPSA) is 119 Å². The van der Waals surface area contributed by atoms with Crippen LogP contribution >= 0.6 is 35.0 Å². The first kappa shape index (κ1) is 29.4. The number of hydrogen-bond donors (Lipinski definition) is 2. The molecule has 0 fully saturated rings. The van der Waals surface area contributed by atoms with E-state index in [0.717, 1.165) is 22.3 Å². The van der Waals surface area contributed by atoms with Gasteiger partial charge in [0.05, 0.1) is 27.2 Å². The summed E-state index contributed by atoms with van der Waals surface area (Å²) in [4.78, 5) is 23.5. The van der Waals surface area contributed by atoms with Gasteiger partial charge in [-0.3, -0.25) is 4.79 Å². The fraction of sp³-hybridized carbons (Fsp3) is 0.250. The van der Waals surface area contributed by atoms with E-state index >= 15 is 0 Å². The molecule has 9 nitrogen and oxygen atoms in total. The van der Waals surface area contributed by atoms with Crippen LogP contribution in [0.5, 0.6) is 5.75 Å². The largest absolute Gasteiger partial charge is 0.482 e. The van der Waals surface area contributed by atoms with Crippen molar-refractivity contribution < 1.29 is 19.4 Å². The molecule has 3 aromatic carbocycles. The van der Waals surface area contributed by atoms with E-state index in [4.69, 9.17) is 33.0 Å². The number of rotatable bonds is 9. The molecule has 208 valence electrons. The maximum Gasteiger partial charge on any atom is 0.341 e. The maximum absolute atomic E-state index is 12.7. The molecule has 0 saturated carbocycles. The summed E-state index contributed by atoms with van der Waals surface area (Å²) in [6, 6.07) is 16.4. The summed E-state index contributed by atoms with van der Waals surface area (Å²) in [7, 11) is 0. The highest BCUT2D eigenvalue weighted by atomic mass is 35.5. The van der Waals surface area contributed by atoms with Crippen LogP contribution in [0.2, 0.25) is 10.0 Å². The summed E-state index contributed by atoms with van der Waals surface area (Å²) in [5.41, 5.74) is 4.75. The van der Waals surface area contributed by atoms with E-state index in [-0.39, 0.29) is 17.1 Å². The zero-order chi connectivity index (χ0) is 29.0. The number of aliphatic carboxylic acids is 1. The van der Waals surface area contributed by atoms with Crippen LogP contribution in [-0.4, -0.2) is 49.6 Å². The molecule has 0 spiro atoms. The van der Waals surface area contributed by atoms with Gasteiger partial charge >= 0.3 is 5.97 Å². The first-order chi connectivity index (χ1) is 18.9. The second-order valence-corrected chi connectivity index (χ2v) is 11.7. The lowest BCUT2D eigenvalue weighted by Crippen LogP contribution is -2.15. The standard InChI is InChI=1S/C28H27Cl2N5O4S/c1-16-11-19(39-14-26(37)38)7-8-20(16)17-5-9-23(21(29)12-17)31-25(36)15-40-27-32-33-34-35(27)24-10-6-18(13-22(24)30)28(2,3)4/h5-13H,14-15H2,1-4H3,(H,31,36)(H,37,38). The van der Waals surface area contributed by atoms with Crippen molar-refractivity contribution in [3.8, 4) is 22.6 Å². The van der Waals surface area contributed by atoms with Crippen LogP contribution in [0.4, 0.5) is 5.69 Å². The summed E-state index contributed by atoms with van der Waals surface area (Å²) < 4.78 is 6.74. The highest BCUT2D eigenvalue weighted by Gasteiger charge is 2.19. The van der Waals surface area contributed by atoms with E-state index in [2.05, 4.69) is 41.6 Å². The Labute approximate surface area is 245 Å². The quantitative estimate of drug-likeness (QED) is 0.211. The highest BCUT2D eigenvalue weighted by Crippen LogP contribution is 2.33. The van der Waals surface area contributed by atoms with Crippen molar-refractivity contribution in [3.05, 3.63) is 75.8 Å². The van der Waals surface area contributed by atoms with Gasteiger partial charge in [0.2, 0.25) is 11.1 Å². The second-order valence-electron chi connectivity index (χ2n) is 9.98. The Kier molecular flexibility index (Phi) is 9.02. The highest BCUT2D eigenvalue weighted by molar-refractivity contribution is 7.99. The molecule has 0 aliphatic rings. The molecule has 0 radical (unpaired) electrons. The zero-order valence-electron chi connectivity index (χ0n) is 22.2. The molecule has 4 aromatic rings. The smallest absolute Gasteiger partial charge is 0.341 e. The van der Waals surface area contributed by atoms with Crippen molar-refractivity contribution in [2.75, 3.05) is 17.7 Å². The molecule has 0 aliphatic heterocycles. The van der Waals surface area contributed by atoms with E-state index in [0.29, 0.717) is 32.3 Å². The van der Waals surface area contributed by atoms with Crippen LogP contribution in [0.1, 0.15) is 31.9 Å². The number of amides is 1. The average Bonchev–Trinajstić information content (AvgIpc) is 3.35. The summed E-state index contributed by atoms with van der Waals surface area (Å²) in [6.07, 6.45) is 0. The third-order valence-corrected chi connectivity index (χ3v) is 7.46. The fourth-order valence-electron chi connectivity index (χ4n) is 3.86. The van der Waals surface area contributed by atoms with Crippen LogP contribution in [-0.2, 0) is 15.0 Å². The lowest BCUT2D eigenvalue weighted by molar-refractivity contribution is -0.139. The normalized spacial score (nSPS) is 11.3. The number of nitrogens with zero attached hydrogens (tertiary/aromatic N) is 4. The van der Waals surface area contributed by atoms with E-state index in [1.54, 1.807) is 24.3 Å². The number of thioether (sulfide) groups is 1. The Morgan fingerprint density at radius 2 is 1.82 bits per heavy atom. The Bertz CT molecular complexity index is 1570. The number of ether oxygens (including phenoxy) is 1. The number of tetrazole rings is 1. The van der Waals surface area contributed by atoms with Crippen LogP contribution in [0.25, 0.3) is 16.8 Å². The summed E-state index contributed by atoms with van der Waals surface area (Å²) in [6.45, 7) is 7.80. The number of carboxylic acids is 1. The monoisotopic (exact) mass is 599 g/mol. The SMILES string of the molecule is Cc1cc(OCC(=O)O)ccc1-c1ccc(NC(=O)CSc2nnnn2-c2ccc(C(C)(C)C)cc2Cl)c(Cl)c1. The predicted octanol–water partition coefficient (Wildman–Crippen LogP) is 6.44. The minimum Gasteiger partial charge on any atom is -0.482 e. The maximum atomic E-state index is 12.7. The van der Waals surface area contributed by atoms with Gasteiger partial charge in [0, 0.05) is 0 Å². The van der Waals surface area contributed by atoms with Gasteiger partial charge in [-0.2, -0.15) is 4.68 Å². The van der Waals surface area contributed by atoms with E-state index in [9.17, 15) is 9.59 Å². The number of carbonyl (C=O) groups excluding carboxylic acids is 1. The number of carboxylic acid groups (broad SMARTS) is 1. The van der Waals surface area contributed by atoms with Gasteiger partial charge < -0.3 is 15.2 Å². The molecule has 0 aliphatic carbocycles. The Balaban J connectivity index is 1.41. The number of aromatic nitrogens is 4. The third-order valence-electron chi connectivity index (χ3n) is 5.93. The molecule has 1 aromatic heterocycles. The Morgan fingerprint density at radius 1 is 1.05 bits per heavy atom.